The van der Waals surface area contributed by atoms with Crippen molar-refractivity contribution in [3.63, 3.8) is 0 Å². The summed E-state index contributed by atoms with van der Waals surface area (Å²) in [5.41, 5.74) is 3.56. The quantitative estimate of drug-likeness (QED) is 0.419. The lowest BCUT2D eigenvalue weighted by Gasteiger charge is -2.34. The molecular formula is C34H40F3N5O3. The van der Waals surface area contributed by atoms with Gasteiger partial charge in [-0.2, -0.15) is 13.2 Å². The number of alkyl halides is 3. The number of nitrogens with zero attached hydrogens (tertiary/aromatic N) is 2. The third-order valence-corrected chi connectivity index (χ3v) is 9.56. The van der Waals surface area contributed by atoms with Crippen LogP contribution in [0.1, 0.15) is 70.8 Å². The highest BCUT2D eigenvalue weighted by Crippen LogP contribution is 2.39. The number of aryl methyl sites for hydroxylation is 1. The largest absolute Gasteiger partial charge is 0.457 e. The molecule has 1 fully saturated rings. The Morgan fingerprint density at radius 1 is 1.09 bits per heavy atom. The lowest BCUT2D eigenvalue weighted by atomic mass is 9.98. The minimum Gasteiger partial charge on any atom is -0.457 e. The zero-order valence-electron chi connectivity index (χ0n) is 25.9. The maximum atomic E-state index is 14.2. The molecule has 0 radical (unpaired) electrons. The van der Waals surface area contributed by atoms with Crippen LogP contribution in [0.5, 0.6) is 5.75 Å². The number of dihydropyridines is 1. The van der Waals surface area contributed by atoms with E-state index in [9.17, 15) is 22.8 Å². The Balaban J connectivity index is 1.15. The van der Waals surface area contributed by atoms with Crippen LogP contribution in [0.4, 0.5) is 13.2 Å². The standard InChI is InChI=1S/C34H40F3N5O3/c1-4-41-11-13-42(14-12-41)19-23-6-5-22(16-28(23)34(35,36)37)33(44)39-29-18-26-20(2)15-24(17-27(26)21(29)3)45-30-9-10-38-32-25(30)7-8-31(43)40-32/h5-6,9,15-17,21,29,38H,4,7-8,10-14,18-19H2,1-3H3,(H,39,44)(H,40,43). The van der Waals surface area contributed by atoms with Gasteiger partial charge in [0, 0.05) is 68.8 Å². The van der Waals surface area contributed by atoms with Gasteiger partial charge in [0.05, 0.1) is 5.56 Å². The van der Waals surface area contributed by atoms with E-state index in [1.54, 1.807) is 0 Å². The van der Waals surface area contributed by atoms with Gasteiger partial charge in [0.2, 0.25) is 5.91 Å². The molecule has 3 N–H and O–H groups in total. The zero-order chi connectivity index (χ0) is 31.9. The van der Waals surface area contributed by atoms with Gasteiger partial charge < -0.3 is 25.6 Å². The number of allylic oxidation sites excluding steroid dienone is 1. The Morgan fingerprint density at radius 2 is 1.84 bits per heavy atom. The molecule has 3 heterocycles. The number of benzene rings is 2. The van der Waals surface area contributed by atoms with Gasteiger partial charge in [0.15, 0.2) is 0 Å². The van der Waals surface area contributed by atoms with E-state index < -0.39 is 17.6 Å². The molecule has 0 bridgehead atoms. The van der Waals surface area contributed by atoms with E-state index in [-0.39, 0.29) is 35.5 Å². The van der Waals surface area contributed by atoms with Crippen molar-refractivity contribution in [1.29, 1.82) is 0 Å². The summed E-state index contributed by atoms with van der Waals surface area (Å²) >= 11 is 0. The first-order chi connectivity index (χ1) is 21.5. The third kappa shape index (κ3) is 6.60. The molecular weight excluding hydrogens is 583 g/mol. The first-order valence-corrected chi connectivity index (χ1v) is 15.7. The van der Waals surface area contributed by atoms with Gasteiger partial charge >= 0.3 is 6.18 Å². The number of nitrogens with one attached hydrogen (secondary N) is 3. The van der Waals surface area contributed by atoms with Gasteiger partial charge in [0.1, 0.15) is 17.3 Å². The minimum atomic E-state index is -4.56. The van der Waals surface area contributed by atoms with Crippen molar-refractivity contribution in [2.45, 2.75) is 64.7 Å². The van der Waals surface area contributed by atoms with Crippen LogP contribution in [-0.4, -0.2) is 66.9 Å². The van der Waals surface area contributed by atoms with Gasteiger partial charge in [-0.3, -0.25) is 14.5 Å². The van der Waals surface area contributed by atoms with E-state index in [0.717, 1.165) is 48.0 Å². The highest BCUT2D eigenvalue weighted by Gasteiger charge is 2.36. The molecule has 45 heavy (non-hydrogen) atoms. The van der Waals surface area contributed by atoms with E-state index >= 15 is 0 Å². The highest BCUT2D eigenvalue weighted by atomic mass is 19.4. The van der Waals surface area contributed by atoms with Crippen molar-refractivity contribution < 1.29 is 27.5 Å². The molecule has 2 aromatic carbocycles. The van der Waals surface area contributed by atoms with Crippen LogP contribution < -0.4 is 20.7 Å². The number of halogens is 3. The molecule has 2 unspecified atom stereocenters. The number of likely N-dealkylation sites (N-methyl/N-ethyl adjacent to an activating group) is 1. The molecule has 11 heteroatoms. The van der Waals surface area contributed by atoms with Crippen LogP contribution in [0, 0.1) is 6.92 Å². The normalized spacial score (nSPS) is 22.3. The van der Waals surface area contributed by atoms with E-state index in [0.29, 0.717) is 56.2 Å². The summed E-state index contributed by atoms with van der Waals surface area (Å²) in [6, 6.07) is 7.65. The van der Waals surface area contributed by atoms with Crippen molar-refractivity contribution in [3.8, 4) is 5.75 Å². The maximum Gasteiger partial charge on any atom is 0.416 e. The van der Waals surface area contributed by atoms with Gasteiger partial charge in [-0.05, 0) is 78.9 Å². The fraction of sp³-hybridized carbons (Fsp3) is 0.471. The van der Waals surface area contributed by atoms with Crippen LogP contribution in [0.15, 0.2) is 53.6 Å². The van der Waals surface area contributed by atoms with Crippen LogP contribution >= 0.6 is 0 Å². The number of piperazine rings is 1. The molecule has 0 spiro atoms. The number of carbonyl (C=O) groups excluding carboxylic acids is 2. The molecule has 4 aliphatic rings. The van der Waals surface area contributed by atoms with E-state index in [1.165, 1.54) is 12.1 Å². The number of amides is 2. The van der Waals surface area contributed by atoms with Crippen molar-refractivity contribution in [2.75, 3.05) is 39.3 Å². The van der Waals surface area contributed by atoms with E-state index in [2.05, 4.69) is 27.8 Å². The van der Waals surface area contributed by atoms with Crippen molar-refractivity contribution in [1.82, 2.24) is 25.8 Å². The zero-order valence-corrected chi connectivity index (χ0v) is 25.9. The Labute approximate surface area is 261 Å². The molecule has 2 amide bonds. The topological polar surface area (TPSA) is 85.9 Å². The Hall–Kier alpha value is -3.83. The van der Waals surface area contributed by atoms with Gasteiger partial charge in [0.25, 0.3) is 5.91 Å². The highest BCUT2D eigenvalue weighted by molar-refractivity contribution is 5.95. The lowest BCUT2D eigenvalue weighted by molar-refractivity contribution is -0.138. The molecule has 1 aliphatic carbocycles. The molecule has 3 aliphatic heterocycles. The summed E-state index contributed by atoms with van der Waals surface area (Å²) in [7, 11) is 0. The summed E-state index contributed by atoms with van der Waals surface area (Å²) in [4.78, 5) is 29.5. The molecule has 0 aromatic heterocycles. The second-order valence-electron chi connectivity index (χ2n) is 12.4. The Bertz CT molecular complexity index is 1560. The van der Waals surface area contributed by atoms with E-state index in [4.69, 9.17) is 4.74 Å². The van der Waals surface area contributed by atoms with Gasteiger partial charge in [-0.15, -0.1) is 0 Å². The molecule has 8 nitrogen and oxygen atoms in total. The second-order valence-corrected chi connectivity index (χ2v) is 12.4. The van der Waals surface area contributed by atoms with Crippen molar-refractivity contribution in [3.05, 3.63) is 86.9 Å². The lowest BCUT2D eigenvalue weighted by Crippen LogP contribution is -2.45. The summed E-state index contributed by atoms with van der Waals surface area (Å²) in [5, 5.41) is 9.08. The molecule has 6 rings (SSSR count). The number of carbonyl (C=O) groups is 2. The monoisotopic (exact) mass is 623 g/mol. The average Bonchev–Trinajstić information content (AvgIpc) is 3.32. The SMILES string of the molecule is CCN1CCN(Cc2ccc(C(=O)NC3Cc4c(C)cc(OC5=CCNC6=C5CCC(=O)N6)cc4C3C)cc2C(F)(F)F)CC1. The smallest absolute Gasteiger partial charge is 0.416 e. The summed E-state index contributed by atoms with van der Waals surface area (Å²) in [5.74, 6) is 1.47. The van der Waals surface area contributed by atoms with Gasteiger partial charge in [-0.1, -0.05) is 19.9 Å². The molecule has 240 valence electrons. The molecule has 2 aromatic rings. The number of fused-ring (bicyclic) bond motifs is 1. The Morgan fingerprint density at radius 3 is 2.58 bits per heavy atom. The van der Waals surface area contributed by atoms with Crippen LogP contribution in [-0.2, 0) is 23.9 Å². The summed E-state index contributed by atoms with van der Waals surface area (Å²) in [6.45, 7) is 10.9. The first-order valence-electron chi connectivity index (χ1n) is 15.7. The molecule has 2 atom stereocenters. The number of rotatable bonds is 7. The summed E-state index contributed by atoms with van der Waals surface area (Å²) < 4.78 is 48.8. The van der Waals surface area contributed by atoms with Crippen LogP contribution in [0.25, 0.3) is 0 Å². The Kier molecular flexibility index (Phi) is 8.67. The van der Waals surface area contributed by atoms with Crippen LogP contribution in [0.2, 0.25) is 0 Å². The second kappa shape index (κ2) is 12.5. The molecule has 1 saturated heterocycles. The number of ether oxygens (including phenoxy) is 1. The summed E-state index contributed by atoms with van der Waals surface area (Å²) in [6.07, 6.45) is -1.05. The maximum absolute atomic E-state index is 14.2. The fourth-order valence-electron chi connectivity index (χ4n) is 6.86. The molecule has 0 saturated carbocycles. The predicted molar refractivity (Wildman–Crippen MR) is 165 cm³/mol. The first kappa shape index (κ1) is 31.2. The van der Waals surface area contributed by atoms with Crippen molar-refractivity contribution >= 4 is 11.8 Å². The van der Waals surface area contributed by atoms with Crippen molar-refractivity contribution in [2.24, 2.45) is 0 Å². The average molecular weight is 624 g/mol. The predicted octanol–water partition coefficient (Wildman–Crippen LogP) is 4.60. The fourth-order valence-corrected chi connectivity index (χ4v) is 6.86. The van der Waals surface area contributed by atoms with Gasteiger partial charge in [-0.25, -0.2) is 0 Å². The number of hydrogen-bond donors (Lipinski definition) is 3. The minimum absolute atomic E-state index is 0.00674. The van der Waals surface area contributed by atoms with Crippen LogP contribution in [0.3, 0.4) is 0 Å². The third-order valence-electron chi connectivity index (χ3n) is 9.56. The number of hydrogen-bond acceptors (Lipinski definition) is 6. The van der Waals surface area contributed by atoms with E-state index in [1.807, 2.05) is 37.0 Å².